The summed E-state index contributed by atoms with van der Waals surface area (Å²) in [5.74, 6) is 0.768. The highest BCUT2D eigenvalue weighted by Crippen LogP contribution is 2.34. The topological polar surface area (TPSA) is 52.4 Å². The summed E-state index contributed by atoms with van der Waals surface area (Å²) >= 11 is 0. The van der Waals surface area contributed by atoms with Crippen LogP contribution in [0.25, 0.3) is 0 Å². The number of non-ortho nitro benzene ring substituents is 1. The molecule has 16 heavy (non-hydrogen) atoms. The van der Waals surface area contributed by atoms with Crippen molar-refractivity contribution in [3.05, 3.63) is 46.6 Å². The molecule has 85 valence electrons. The lowest BCUT2D eigenvalue weighted by Crippen LogP contribution is -2.19. The normalized spacial score (nSPS) is 25.3. The molecule has 1 radical (unpaired) electrons. The van der Waals surface area contributed by atoms with E-state index in [9.17, 15) is 10.1 Å². The molecule has 0 aliphatic carbocycles. The Bertz CT molecular complexity index is 374. The minimum atomic E-state index is -0.372. The van der Waals surface area contributed by atoms with Gasteiger partial charge in [-0.3, -0.25) is 10.1 Å². The maximum atomic E-state index is 10.5. The average molecular weight is 220 g/mol. The Morgan fingerprint density at radius 3 is 2.62 bits per heavy atom. The van der Waals surface area contributed by atoms with Gasteiger partial charge in [0.15, 0.2) is 0 Å². The maximum absolute atomic E-state index is 10.5. The van der Waals surface area contributed by atoms with Crippen LogP contribution in [0.4, 0.5) is 5.69 Å². The SMILES string of the molecule is CC1[CH]OCCC1c1ccc([N+](=O)[O-])cc1. The summed E-state index contributed by atoms with van der Waals surface area (Å²) in [6.45, 7) is 4.69. The van der Waals surface area contributed by atoms with Crippen molar-refractivity contribution in [2.75, 3.05) is 6.61 Å². The van der Waals surface area contributed by atoms with E-state index in [1.165, 1.54) is 0 Å². The van der Waals surface area contributed by atoms with Crippen molar-refractivity contribution >= 4 is 5.69 Å². The lowest BCUT2D eigenvalue weighted by molar-refractivity contribution is -0.384. The minimum Gasteiger partial charge on any atom is -0.375 e. The molecule has 2 rings (SSSR count). The van der Waals surface area contributed by atoms with Crippen LogP contribution in [-0.2, 0) is 4.74 Å². The molecule has 0 bridgehead atoms. The summed E-state index contributed by atoms with van der Waals surface area (Å²) in [4.78, 5) is 10.2. The van der Waals surface area contributed by atoms with Gasteiger partial charge >= 0.3 is 0 Å². The van der Waals surface area contributed by atoms with Crippen LogP contribution in [0.3, 0.4) is 0 Å². The minimum absolute atomic E-state index is 0.146. The lowest BCUT2D eigenvalue weighted by Gasteiger charge is -2.28. The highest BCUT2D eigenvalue weighted by Gasteiger charge is 2.24. The van der Waals surface area contributed by atoms with E-state index < -0.39 is 0 Å². The molecule has 0 amide bonds. The first kappa shape index (κ1) is 11.1. The number of benzene rings is 1. The van der Waals surface area contributed by atoms with Crippen LogP contribution >= 0.6 is 0 Å². The van der Waals surface area contributed by atoms with E-state index in [1.807, 2.05) is 18.7 Å². The van der Waals surface area contributed by atoms with Gasteiger partial charge < -0.3 is 4.74 Å². The van der Waals surface area contributed by atoms with Gasteiger partial charge in [0.2, 0.25) is 0 Å². The molecule has 0 spiro atoms. The summed E-state index contributed by atoms with van der Waals surface area (Å²) < 4.78 is 5.26. The molecule has 2 atom stereocenters. The van der Waals surface area contributed by atoms with E-state index in [1.54, 1.807) is 12.1 Å². The zero-order valence-corrected chi connectivity index (χ0v) is 9.13. The first-order valence-electron chi connectivity index (χ1n) is 5.38. The summed E-state index contributed by atoms with van der Waals surface area (Å²) in [5.41, 5.74) is 1.30. The second-order valence-electron chi connectivity index (χ2n) is 4.11. The summed E-state index contributed by atoms with van der Waals surface area (Å²) in [6, 6.07) is 6.83. The van der Waals surface area contributed by atoms with Crippen molar-refractivity contribution < 1.29 is 9.66 Å². The maximum Gasteiger partial charge on any atom is 0.269 e. The Hall–Kier alpha value is -1.42. The van der Waals surface area contributed by atoms with Crippen LogP contribution in [0, 0.1) is 22.6 Å². The number of ether oxygens (including phenoxy) is 1. The summed E-state index contributed by atoms with van der Waals surface area (Å²) in [7, 11) is 0. The highest BCUT2D eigenvalue weighted by molar-refractivity contribution is 5.34. The van der Waals surface area contributed by atoms with Crippen LogP contribution in [0.2, 0.25) is 0 Å². The molecule has 1 heterocycles. The van der Waals surface area contributed by atoms with Gasteiger partial charge in [0.1, 0.15) is 0 Å². The molecule has 0 saturated carbocycles. The van der Waals surface area contributed by atoms with E-state index in [-0.39, 0.29) is 10.6 Å². The number of hydrogen-bond acceptors (Lipinski definition) is 3. The Morgan fingerprint density at radius 2 is 2.06 bits per heavy atom. The molecule has 1 aliphatic rings. The highest BCUT2D eigenvalue weighted by atomic mass is 16.6. The predicted octanol–water partition coefficient (Wildman–Crippen LogP) is 2.90. The van der Waals surface area contributed by atoms with Gasteiger partial charge in [-0.25, -0.2) is 0 Å². The molecule has 1 aromatic carbocycles. The fraction of sp³-hybridized carbons (Fsp3) is 0.417. The van der Waals surface area contributed by atoms with Gasteiger partial charge in [0.05, 0.1) is 11.5 Å². The second-order valence-corrected chi connectivity index (χ2v) is 4.11. The number of nitrogens with zero attached hydrogens (tertiary/aromatic N) is 1. The Morgan fingerprint density at radius 1 is 1.38 bits per heavy atom. The lowest BCUT2D eigenvalue weighted by atomic mass is 9.84. The molecule has 0 N–H and O–H groups in total. The Balaban J connectivity index is 2.17. The van der Waals surface area contributed by atoms with Crippen LogP contribution in [0.1, 0.15) is 24.8 Å². The van der Waals surface area contributed by atoms with Crippen molar-refractivity contribution in [3.63, 3.8) is 0 Å². The van der Waals surface area contributed by atoms with E-state index in [2.05, 4.69) is 6.92 Å². The zero-order chi connectivity index (χ0) is 11.5. The molecule has 1 fully saturated rings. The Kier molecular flexibility index (Phi) is 3.19. The number of nitro groups is 1. The largest absolute Gasteiger partial charge is 0.375 e. The molecular formula is C12H14NO3. The predicted molar refractivity (Wildman–Crippen MR) is 59.9 cm³/mol. The summed E-state index contributed by atoms with van der Waals surface area (Å²) in [6.07, 6.45) is 0.968. The van der Waals surface area contributed by atoms with E-state index in [4.69, 9.17) is 4.74 Å². The monoisotopic (exact) mass is 220 g/mol. The van der Waals surface area contributed by atoms with Gasteiger partial charge in [-0.1, -0.05) is 19.1 Å². The van der Waals surface area contributed by atoms with E-state index in [0.717, 1.165) is 18.6 Å². The summed E-state index contributed by atoms with van der Waals surface area (Å²) in [5, 5.41) is 10.5. The fourth-order valence-electron chi connectivity index (χ4n) is 2.09. The number of rotatable bonds is 2. The molecule has 1 aromatic rings. The van der Waals surface area contributed by atoms with Crippen LogP contribution < -0.4 is 0 Å². The smallest absolute Gasteiger partial charge is 0.269 e. The Labute approximate surface area is 94.4 Å². The van der Waals surface area contributed by atoms with Crippen molar-refractivity contribution in [1.29, 1.82) is 0 Å². The molecule has 4 heteroatoms. The first-order chi connectivity index (χ1) is 7.68. The third-order valence-corrected chi connectivity index (χ3v) is 3.02. The number of nitro benzene ring substituents is 1. The van der Waals surface area contributed by atoms with Gasteiger partial charge in [-0.2, -0.15) is 0 Å². The third-order valence-electron chi connectivity index (χ3n) is 3.02. The molecule has 0 aromatic heterocycles. The van der Waals surface area contributed by atoms with Crippen LogP contribution in [0.15, 0.2) is 24.3 Å². The zero-order valence-electron chi connectivity index (χ0n) is 9.13. The molecule has 2 unspecified atom stereocenters. The average Bonchev–Trinajstić information content (AvgIpc) is 2.30. The van der Waals surface area contributed by atoms with Crippen molar-refractivity contribution in [1.82, 2.24) is 0 Å². The van der Waals surface area contributed by atoms with Gasteiger partial charge in [0.25, 0.3) is 5.69 Å². The second kappa shape index (κ2) is 4.61. The molecule has 4 nitrogen and oxygen atoms in total. The number of hydrogen-bond donors (Lipinski definition) is 0. The van der Waals surface area contributed by atoms with Gasteiger partial charge in [0, 0.05) is 18.7 Å². The van der Waals surface area contributed by atoms with Crippen LogP contribution in [-0.4, -0.2) is 11.5 Å². The van der Waals surface area contributed by atoms with Gasteiger partial charge in [-0.15, -0.1) is 0 Å². The van der Waals surface area contributed by atoms with Gasteiger partial charge in [-0.05, 0) is 23.8 Å². The molecule has 1 aliphatic heterocycles. The van der Waals surface area contributed by atoms with Crippen LogP contribution in [0.5, 0.6) is 0 Å². The van der Waals surface area contributed by atoms with Crippen molar-refractivity contribution in [2.45, 2.75) is 19.3 Å². The van der Waals surface area contributed by atoms with Crippen molar-refractivity contribution in [2.24, 2.45) is 5.92 Å². The van der Waals surface area contributed by atoms with E-state index in [0.29, 0.717) is 11.8 Å². The molecule has 1 saturated heterocycles. The van der Waals surface area contributed by atoms with Crippen molar-refractivity contribution in [3.8, 4) is 0 Å². The standard InChI is InChI=1S/C12H14NO3/c1-9-8-16-7-6-12(9)10-2-4-11(5-3-10)13(14)15/h2-5,8-9,12H,6-7H2,1H3. The molecular weight excluding hydrogens is 206 g/mol. The van der Waals surface area contributed by atoms with E-state index >= 15 is 0 Å². The first-order valence-corrected chi connectivity index (χ1v) is 5.38. The quantitative estimate of drug-likeness (QED) is 0.568. The third kappa shape index (κ3) is 2.22. The fourth-order valence-corrected chi connectivity index (χ4v) is 2.09.